The highest BCUT2D eigenvalue weighted by molar-refractivity contribution is 8.14. The molecule has 0 radical (unpaired) electrons. The summed E-state index contributed by atoms with van der Waals surface area (Å²) < 4.78 is 5.75. The number of rotatable bonds is 6. The van der Waals surface area contributed by atoms with Gasteiger partial charge in [0.1, 0.15) is 23.2 Å². The van der Waals surface area contributed by atoms with Gasteiger partial charge in [-0.2, -0.15) is 0 Å². The number of benzene rings is 1. The molecule has 1 aromatic rings. The second kappa shape index (κ2) is 7.55. The van der Waals surface area contributed by atoms with Gasteiger partial charge in [-0.05, 0) is 24.4 Å². The molecule has 1 aromatic carbocycles. The molecule has 0 atom stereocenters. The minimum Gasteiger partial charge on any atom is -0.507 e. The predicted octanol–water partition coefficient (Wildman–Crippen LogP) is 0.271. The van der Waals surface area contributed by atoms with Crippen LogP contribution < -0.4 is 4.74 Å². The largest absolute Gasteiger partial charge is 0.507 e. The molecule has 0 aliphatic carbocycles. The second-order valence-corrected chi connectivity index (χ2v) is 6.99. The zero-order chi connectivity index (χ0) is 18.0. The van der Waals surface area contributed by atoms with Gasteiger partial charge in [0.15, 0.2) is 5.17 Å². The van der Waals surface area contributed by atoms with Crippen molar-refractivity contribution in [3.8, 4) is 11.5 Å². The molecule has 25 heavy (non-hydrogen) atoms. The van der Waals surface area contributed by atoms with Crippen molar-refractivity contribution in [2.45, 2.75) is 18.8 Å². The number of hydrogen-bond acceptors (Lipinski definition) is 8. The first-order valence-corrected chi connectivity index (χ1v) is 8.97. The predicted molar refractivity (Wildman–Crippen MR) is 94.5 cm³/mol. The number of amidine groups is 1. The molecule has 0 bridgehead atoms. The quantitative estimate of drug-likeness (QED) is 0.529. The molecule has 0 spiro atoms. The maximum Gasteiger partial charge on any atom is 0.451 e. The van der Waals surface area contributed by atoms with Crippen LogP contribution in [-0.2, 0) is 6.42 Å². The van der Waals surface area contributed by atoms with Crippen LogP contribution in [0.5, 0.6) is 11.5 Å². The maximum atomic E-state index is 11.5. The molecule has 0 saturated carbocycles. The monoisotopic (exact) mass is 366 g/mol. The van der Waals surface area contributed by atoms with Crippen molar-refractivity contribution < 1.29 is 29.8 Å². The van der Waals surface area contributed by atoms with Crippen LogP contribution in [0.3, 0.4) is 0 Å². The molecule has 2 aliphatic rings. The van der Waals surface area contributed by atoms with Crippen molar-refractivity contribution in [2.24, 2.45) is 4.99 Å². The minimum atomic E-state index is -1.51. The summed E-state index contributed by atoms with van der Waals surface area (Å²) in [6, 6.07) is 3.06. The molecule has 0 amide bonds. The third-order valence-electron chi connectivity index (χ3n) is 4.09. The lowest BCUT2D eigenvalue weighted by molar-refractivity contribution is 0.0608. The number of likely N-dealkylation sites (tertiary alicyclic amines) is 1. The van der Waals surface area contributed by atoms with E-state index in [9.17, 15) is 15.0 Å². The van der Waals surface area contributed by atoms with Crippen LogP contribution in [-0.4, -0.2) is 74.9 Å². The van der Waals surface area contributed by atoms with Gasteiger partial charge in [0.05, 0.1) is 19.6 Å². The van der Waals surface area contributed by atoms with Crippen LogP contribution >= 0.6 is 11.8 Å². The van der Waals surface area contributed by atoms with Crippen LogP contribution in [0.4, 0.5) is 0 Å². The van der Waals surface area contributed by atoms with Crippen molar-refractivity contribution in [3.05, 3.63) is 23.3 Å². The van der Waals surface area contributed by atoms with E-state index >= 15 is 0 Å². The normalized spacial score (nSPS) is 17.2. The Labute approximate surface area is 149 Å². The molecular formula is C15H19BN2O6S. The van der Waals surface area contributed by atoms with Crippen LogP contribution in [0.15, 0.2) is 17.1 Å². The lowest BCUT2D eigenvalue weighted by Gasteiger charge is -2.40. The summed E-state index contributed by atoms with van der Waals surface area (Å²) in [6.45, 7) is 2.08. The maximum absolute atomic E-state index is 11.5. The van der Waals surface area contributed by atoms with Gasteiger partial charge in [-0.3, -0.25) is 4.99 Å². The molecule has 10 heteroatoms. The number of ether oxygens (including phenoxy) is 1. The number of carbonyl (C=O) groups is 1. The van der Waals surface area contributed by atoms with E-state index in [1.807, 2.05) is 0 Å². The third-order valence-corrected chi connectivity index (χ3v) is 5.12. The third kappa shape index (κ3) is 4.02. The lowest BCUT2D eigenvalue weighted by atomic mass is 9.82. The molecule has 134 valence electrons. The van der Waals surface area contributed by atoms with Crippen molar-refractivity contribution in [2.75, 3.05) is 25.4 Å². The SMILES string of the molecule is O=C(O)c1c(OC2CN(C3=NCCS3)C2)ccc(CCB(O)O)c1O. The average molecular weight is 366 g/mol. The van der Waals surface area contributed by atoms with Crippen LogP contribution in [0, 0.1) is 0 Å². The van der Waals surface area contributed by atoms with E-state index in [1.165, 1.54) is 6.07 Å². The molecule has 1 saturated heterocycles. The minimum absolute atomic E-state index is 0.00415. The van der Waals surface area contributed by atoms with Crippen molar-refractivity contribution in [1.29, 1.82) is 0 Å². The fourth-order valence-electron chi connectivity index (χ4n) is 2.77. The fraction of sp³-hybridized carbons (Fsp3) is 0.467. The summed E-state index contributed by atoms with van der Waals surface area (Å²) in [7, 11) is -1.51. The summed E-state index contributed by atoms with van der Waals surface area (Å²) in [5, 5.41) is 38.5. The van der Waals surface area contributed by atoms with Gasteiger partial charge >= 0.3 is 13.1 Å². The van der Waals surface area contributed by atoms with Gasteiger partial charge in [0, 0.05) is 5.75 Å². The first kappa shape index (κ1) is 17.9. The Bertz CT molecular complexity index is 693. The molecule has 3 rings (SSSR count). The number of aliphatic imine (C=N–C) groups is 1. The lowest BCUT2D eigenvalue weighted by Crippen LogP contribution is -2.55. The Hall–Kier alpha value is -1.91. The number of aromatic hydroxyl groups is 1. The summed E-state index contributed by atoms with van der Waals surface area (Å²) >= 11 is 1.70. The number of aryl methyl sites for hydroxylation is 1. The Morgan fingerprint density at radius 2 is 2.16 bits per heavy atom. The van der Waals surface area contributed by atoms with Crippen LogP contribution in [0.25, 0.3) is 0 Å². The van der Waals surface area contributed by atoms with E-state index < -0.39 is 18.8 Å². The topological polar surface area (TPSA) is 123 Å². The Kier molecular flexibility index (Phi) is 5.40. The number of nitrogens with zero attached hydrogens (tertiary/aromatic N) is 2. The van der Waals surface area contributed by atoms with Crippen molar-refractivity contribution in [3.63, 3.8) is 0 Å². The van der Waals surface area contributed by atoms with Crippen LogP contribution in [0.2, 0.25) is 6.32 Å². The molecule has 0 unspecified atom stereocenters. The van der Waals surface area contributed by atoms with E-state index in [2.05, 4.69) is 9.89 Å². The van der Waals surface area contributed by atoms with Gasteiger partial charge in [-0.1, -0.05) is 17.8 Å². The van der Waals surface area contributed by atoms with Gasteiger partial charge in [-0.15, -0.1) is 0 Å². The highest BCUT2D eigenvalue weighted by Crippen LogP contribution is 2.34. The number of phenols is 1. The summed E-state index contributed by atoms with van der Waals surface area (Å²) in [6.07, 6.45) is -0.00538. The zero-order valence-corrected chi connectivity index (χ0v) is 14.3. The van der Waals surface area contributed by atoms with Crippen LogP contribution in [0.1, 0.15) is 15.9 Å². The summed E-state index contributed by atoms with van der Waals surface area (Å²) in [5.41, 5.74) is 0.0424. The highest BCUT2D eigenvalue weighted by atomic mass is 32.2. The standard InChI is InChI=1S/C15H19BN2O6S/c19-13-9(3-4-16(22)23)1-2-11(12(13)14(20)21)24-10-7-18(8-10)15-17-5-6-25-15/h1-2,10,19,22-23H,3-8H2,(H,20,21). The number of thioether (sulfide) groups is 1. The average Bonchev–Trinajstić information content (AvgIpc) is 3.02. The van der Waals surface area contributed by atoms with Gasteiger partial charge in [0.2, 0.25) is 0 Å². The molecule has 2 aliphatic heterocycles. The number of carboxylic acid groups (broad SMARTS) is 1. The first-order valence-electron chi connectivity index (χ1n) is 7.99. The molecule has 2 heterocycles. The van der Waals surface area contributed by atoms with E-state index in [4.69, 9.17) is 14.8 Å². The van der Waals surface area contributed by atoms with Crippen molar-refractivity contribution >= 4 is 30.0 Å². The number of hydrogen-bond donors (Lipinski definition) is 4. The van der Waals surface area contributed by atoms with Crippen molar-refractivity contribution in [1.82, 2.24) is 4.90 Å². The van der Waals surface area contributed by atoms with E-state index in [1.54, 1.807) is 17.8 Å². The first-order chi connectivity index (χ1) is 12.0. The molecule has 0 aromatic heterocycles. The number of carboxylic acids is 1. The van der Waals surface area contributed by atoms with E-state index in [0.717, 1.165) is 17.5 Å². The fourth-order valence-corrected chi connectivity index (χ4v) is 3.65. The molecule has 1 fully saturated rings. The molecular weight excluding hydrogens is 347 g/mol. The zero-order valence-electron chi connectivity index (χ0n) is 13.5. The molecule has 8 nitrogen and oxygen atoms in total. The Morgan fingerprint density at radius 1 is 1.40 bits per heavy atom. The smallest absolute Gasteiger partial charge is 0.451 e. The highest BCUT2D eigenvalue weighted by Gasteiger charge is 2.33. The summed E-state index contributed by atoms with van der Waals surface area (Å²) in [5.74, 6) is -0.578. The second-order valence-electron chi connectivity index (χ2n) is 5.93. The Balaban J connectivity index is 1.69. The van der Waals surface area contributed by atoms with Gasteiger partial charge in [-0.25, -0.2) is 4.79 Å². The van der Waals surface area contributed by atoms with Gasteiger partial charge in [0.25, 0.3) is 0 Å². The van der Waals surface area contributed by atoms with E-state index in [0.29, 0.717) is 18.7 Å². The number of aromatic carboxylic acids is 1. The Morgan fingerprint density at radius 3 is 2.76 bits per heavy atom. The van der Waals surface area contributed by atoms with Gasteiger partial charge < -0.3 is 29.9 Å². The summed E-state index contributed by atoms with van der Waals surface area (Å²) in [4.78, 5) is 18.0. The van der Waals surface area contributed by atoms with E-state index in [-0.39, 0.29) is 30.2 Å². The molecule has 4 N–H and O–H groups in total.